The Morgan fingerprint density at radius 3 is 2.45 bits per heavy atom. The average molecular weight is 333 g/mol. The Bertz CT molecular complexity index is 608. The molecule has 0 amide bonds. The summed E-state index contributed by atoms with van der Waals surface area (Å²) in [6.45, 7) is 5.15. The minimum absolute atomic E-state index is 0.869. The molecule has 106 valence electrons. The molecule has 2 aromatic rings. The zero-order chi connectivity index (χ0) is 14.7. The van der Waals surface area contributed by atoms with Crippen LogP contribution in [0.2, 0.25) is 0 Å². The van der Waals surface area contributed by atoms with E-state index >= 15 is 0 Å². The maximum absolute atomic E-state index is 3.65. The molecular formula is C17H21BrN2. The van der Waals surface area contributed by atoms with Crippen LogP contribution in [0.5, 0.6) is 0 Å². The first-order chi connectivity index (χ1) is 9.52. The Balaban J connectivity index is 2.33. The van der Waals surface area contributed by atoms with E-state index in [4.69, 9.17) is 0 Å². The van der Waals surface area contributed by atoms with E-state index < -0.39 is 0 Å². The first-order valence-electron chi connectivity index (χ1n) is 6.77. The Morgan fingerprint density at radius 1 is 1.10 bits per heavy atom. The van der Waals surface area contributed by atoms with E-state index in [0.717, 1.165) is 11.0 Å². The van der Waals surface area contributed by atoms with Gasteiger partial charge in [-0.25, -0.2) is 0 Å². The van der Waals surface area contributed by atoms with Crippen molar-refractivity contribution in [2.45, 2.75) is 20.4 Å². The summed E-state index contributed by atoms with van der Waals surface area (Å²) < 4.78 is 1.14. The minimum Gasteiger partial charge on any atom is -0.344 e. The van der Waals surface area contributed by atoms with E-state index in [1.165, 1.54) is 28.1 Å². The molecule has 20 heavy (non-hydrogen) atoms. The van der Waals surface area contributed by atoms with Crippen LogP contribution in [0.25, 0.3) is 0 Å². The first-order valence-corrected chi connectivity index (χ1v) is 7.56. The van der Waals surface area contributed by atoms with Crippen LogP contribution in [0.15, 0.2) is 40.9 Å². The van der Waals surface area contributed by atoms with Crippen molar-refractivity contribution in [1.82, 2.24) is 5.32 Å². The molecule has 0 radical (unpaired) electrons. The zero-order valence-corrected chi connectivity index (χ0v) is 14.1. The molecule has 0 aliphatic heterocycles. The van der Waals surface area contributed by atoms with E-state index in [1.54, 1.807) is 0 Å². The topological polar surface area (TPSA) is 15.3 Å². The normalized spacial score (nSPS) is 10.7. The van der Waals surface area contributed by atoms with Crippen LogP contribution in [-0.2, 0) is 6.54 Å². The summed E-state index contributed by atoms with van der Waals surface area (Å²) in [5, 5.41) is 3.18. The maximum Gasteiger partial charge on any atom is 0.0437 e. The number of aryl methyl sites for hydroxylation is 2. The average Bonchev–Trinajstić information content (AvgIpc) is 2.40. The summed E-state index contributed by atoms with van der Waals surface area (Å²) in [6.07, 6.45) is 0. The van der Waals surface area contributed by atoms with E-state index in [9.17, 15) is 0 Å². The number of hydrogen-bond donors (Lipinski definition) is 1. The molecule has 0 atom stereocenters. The number of hydrogen-bond acceptors (Lipinski definition) is 2. The van der Waals surface area contributed by atoms with E-state index in [-0.39, 0.29) is 0 Å². The number of rotatable bonds is 4. The van der Waals surface area contributed by atoms with Crippen molar-refractivity contribution in [3.63, 3.8) is 0 Å². The molecule has 0 spiro atoms. The van der Waals surface area contributed by atoms with Gasteiger partial charge in [-0.1, -0.05) is 39.7 Å². The lowest BCUT2D eigenvalue weighted by molar-refractivity contribution is 0.814. The molecule has 0 aromatic heterocycles. The largest absolute Gasteiger partial charge is 0.344 e. The summed E-state index contributed by atoms with van der Waals surface area (Å²) in [4.78, 5) is 2.22. The Kier molecular flexibility index (Phi) is 4.84. The Morgan fingerprint density at radius 2 is 1.85 bits per heavy atom. The van der Waals surface area contributed by atoms with Gasteiger partial charge in [-0.05, 0) is 50.2 Å². The van der Waals surface area contributed by atoms with Crippen LogP contribution >= 0.6 is 15.9 Å². The fraction of sp³-hybridized carbons (Fsp3) is 0.294. The van der Waals surface area contributed by atoms with Crippen LogP contribution in [-0.4, -0.2) is 14.1 Å². The minimum atomic E-state index is 0.869. The highest BCUT2D eigenvalue weighted by atomic mass is 79.9. The summed E-state index contributed by atoms with van der Waals surface area (Å²) >= 11 is 3.65. The van der Waals surface area contributed by atoms with Crippen molar-refractivity contribution in [2.24, 2.45) is 0 Å². The van der Waals surface area contributed by atoms with E-state index in [2.05, 4.69) is 83.4 Å². The lowest BCUT2D eigenvalue weighted by atomic mass is 10.1. The quantitative estimate of drug-likeness (QED) is 0.883. The summed E-state index contributed by atoms with van der Waals surface area (Å²) in [5.41, 5.74) is 6.28. The summed E-state index contributed by atoms with van der Waals surface area (Å²) in [7, 11) is 4.07. The van der Waals surface area contributed by atoms with Crippen LogP contribution in [0.4, 0.5) is 11.4 Å². The second-order valence-corrected chi connectivity index (χ2v) is 6.01. The number of nitrogens with zero attached hydrogens (tertiary/aromatic N) is 1. The van der Waals surface area contributed by atoms with Gasteiger partial charge >= 0.3 is 0 Å². The molecule has 0 unspecified atom stereocenters. The molecule has 3 heteroatoms. The van der Waals surface area contributed by atoms with Gasteiger partial charge in [-0.15, -0.1) is 0 Å². The van der Waals surface area contributed by atoms with Gasteiger partial charge in [0.15, 0.2) is 0 Å². The monoisotopic (exact) mass is 332 g/mol. The molecule has 0 saturated carbocycles. The van der Waals surface area contributed by atoms with Gasteiger partial charge in [0.1, 0.15) is 0 Å². The van der Waals surface area contributed by atoms with Gasteiger partial charge in [0.25, 0.3) is 0 Å². The van der Waals surface area contributed by atoms with Crippen LogP contribution in [0, 0.1) is 13.8 Å². The molecule has 0 aliphatic rings. The molecule has 0 aliphatic carbocycles. The summed E-state index contributed by atoms with van der Waals surface area (Å²) in [5.74, 6) is 0. The molecular weight excluding hydrogens is 312 g/mol. The van der Waals surface area contributed by atoms with Gasteiger partial charge in [0.05, 0.1) is 0 Å². The third-order valence-electron chi connectivity index (χ3n) is 3.50. The molecule has 2 rings (SSSR count). The highest BCUT2D eigenvalue weighted by Gasteiger charge is 2.09. The SMILES string of the molecule is CNCc1ccc(N(C)c2ccc(C)cc2C)cc1Br. The highest BCUT2D eigenvalue weighted by molar-refractivity contribution is 9.10. The lowest BCUT2D eigenvalue weighted by Crippen LogP contribution is -2.12. The van der Waals surface area contributed by atoms with Crippen molar-refractivity contribution >= 4 is 27.3 Å². The standard InChI is InChI=1S/C17H21BrN2/c1-12-5-8-17(13(2)9-12)20(4)15-7-6-14(11-19-3)16(18)10-15/h5-10,19H,11H2,1-4H3. The van der Waals surface area contributed by atoms with Crippen LogP contribution < -0.4 is 10.2 Å². The smallest absolute Gasteiger partial charge is 0.0437 e. The van der Waals surface area contributed by atoms with Crippen molar-refractivity contribution in [3.05, 3.63) is 57.6 Å². The van der Waals surface area contributed by atoms with E-state index in [0.29, 0.717) is 0 Å². The molecule has 0 saturated heterocycles. The van der Waals surface area contributed by atoms with E-state index in [1.807, 2.05) is 7.05 Å². The van der Waals surface area contributed by atoms with Gasteiger partial charge in [-0.2, -0.15) is 0 Å². The van der Waals surface area contributed by atoms with Crippen molar-refractivity contribution in [2.75, 3.05) is 19.0 Å². The van der Waals surface area contributed by atoms with Crippen LogP contribution in [0.1, 0.15) is 16.7 Å². The van der Waals surface area contributed by atoms with Crippen LogP contribution in [0.3, 0.4) is 0 Å². The number of nitrogens with one attached hydrogen (secondary N) is 1. The van der Waals surface area contributed by atoms with Crippen molar-refractivity contribution < 1.29 is 0 Å². The maximum atomic E-state index is 3.65. The fourth-order valence-corrected chi connectivity index (χ4v) is 2.91. The third kappa shape index (κ3) is 3.22. The highest BCUT2D eigenvalue weighted by Crippen LogP contribution is 2.30. The number of anilines is 2. The predicted octanol–water partition coefficient (Wildman–Crippen LogP) is 4.55. The predicted molar refractivity (Wildman–Crippen MR) is 90.9 cm³/mol. The van der Waals surface area contributed by atoms with Gasteiger partial charge in [-0.3, -0.25) is 0 Å². The molecule has 2 aromatic carbocycles. The molecule has 0 bridgehead atoms. The van der Waals surface area contributed by atoms with Gasteiger partial charge in [0.2, 0.25) is 0 Å². The summed E-state index contributed by atoms with van der Waals surface area (Å²) in [6, 6.07) is 13.1. The van der Waals surface area contributed by atoms with Gasteiger partial charge in [0, 0.05) is 29.4 Å². The molecule has 1 N–H and O–H groups in total. The Hall–Kier alpha value is -1.32. The fourth-order valence-electron chi connectivity index (χ4n) is 2.40. The lowest BCUT2D eigenvalue weighted by Gasteiger charge is -2.23. The van der Waals surface area contributed by atoms with Crippen molar-refractivity contribution in [1.29, 1.82) is 0 Å². The second-order valence-electron chi connectivity index (χ2n) is 5.16. The molecule has 0 heterocycles. The second kappa shape index (κ2) is 6.42. The van der Waals surface area contributed by atoms with Gasteiger partial charge < -0.3 is 10.2 Å². The number of benzene rings is 2. The third-order valence-corrected chi connectivity index (χ3v) is 4.24. The molecule has 2 nitrogen and oxygen atoms in total. The van der Waals surface area contributed by atoms with Crippen molar-refractivity contribution in [3.8, 4) is 0 Å². The zero-order valence-electron chi connectivity index (χ0n) is 12.5. The molecule has 0 fully saturated rings. The number of halogens is 1. The Labute approximate surface area is 129 Å². The first kappa shape index (κ1) is 15.1.